The number of hydrogen-bond donors (Lipinski definition) is 3. The molecule has 0 saturated heterocycles. The minimum atomic E-state index is -0.662. The van der Waals surface area contributed by atoms with Crippen LogP contribution < -0.4 is 16.8 Å². The van der Waals surface area contributed by atoms with Gasteiger partial charge in [-0.15, -0.1) is 0 Å². The normalized spacial score (nSPS) is 10.3. The van der Waals surface area contributed by atoms with Crippen molar-refractivity contribution in [2.45, 2.75) is 13.1 Å². The van der Waals surface area contributed by atoms with Gasteiger partial charge in [0.2, 0.25) is 0 Å². The summed E-state index contributed by atoms with van der Waals surface area (Å²) in [5, 5.41) is 3.08. The number of nitrogens with one attached hydrogen (secondary N) is 1. The third kappa shape index (κ3) is 3.33. The van der Waals surface area contributed by atoms with Gasteiger partial charge in [-0.25, -0.2) is 4.39 Å². The molecule has 104 valence electrons. The van der Waals surface area contributed by atoms with Gasteiger partial charge in [0.1, 0.15) is 5.82 Å². The minimum Gasteiger partial charge on any atom is -0.380 e. The van der Waals surface area contributed by atoms with Gasteiger partial charge in [0, 0.05) is 18.8 Å². The van der Waals surface area contributed by atoms with E-state index in [1.807, 2.05) is 24.3 Å². The Morgan fingerprint density at radius 1 is 1.10 bits per heavy atom. The fourth-order valence-electron chi connectivity index (χ4n) is 1.86. The molecule has 0 bridgehead atoms. The molecule has 0 atom stereocenters. The van der Waals surface area contributed by atoms with Crippen molar-refractivity contribution in [3.05, 3.63) is 65.0 Å². The lowest BCUT2D eigenvalue weighted by Gasteiger charge is -2.10. The molecular formula is C15H16FN3O. The van der Waals surface area contributed by atoms with Gasteiger partial charge in [0.25, 0.3) is 5.91 Å². The van der Waals surface area contributed by atoms with E-state index in [9.17, 15) is 9.18 Å². The zero-order valence-corrected chi connectivity index (χ0v) is 10.9. The van der Waals surface area contributed by atoms with Crippen LogP contribution in [0.15, 0.2) is 42.5 Å². The van der Waals surface area contributed by atoms with Gasteiger partial charge in [-0.3, -0.25) is 4.79 Å². The van der Waals surface area contributed by atoms with Crippen LogP contribution in [0, 0.1) is 5.82 Å². The lowest BCUT2D eigenvalue weighted by molar-refractivity contribution is 0.100. The van der Waals surface area contributed by atoms with Crippen LogP contribution in [0.4, 0.5) is 10.1 Å². The Hall–Kier alpha value is -2.40. The molecule has 5 heteroatoms. The molecule has 1 amide bonds. The molecule has 0 aliphatic heterocycles. The van der Waals surface area contributed by atoms with Crippen molar-refractivity contribution in [1.82, 2.24) is 0 Å². The molecule has 0 aliphatic rings. The Kier molecular flexibility index (Phi) is 4.32. The Balaban J connectivity index is 2.12. The zero-order valence-electron chi connectivity index (χ0n) is 10.9. The quantitative estimate of drug-likeness (QED) is 0.779. The van der Waals surface area contributed by atoms with Gasteiger partial charge in [-0.05, 0) is 29.3 Å². The molecular weight excluding hydrogens is 257 g/mol. The Morgan fingerprint density at radius 2 is 1.75 bits per heavy atom. The highest BCUT2D eigenvalue weighted by molar-refractivity contribution is 5.98. The van der Waals surface area contributed by atoms with Gasteiger partial charge in [0.15, 0.2) is 0 Å². The molecule has 0 heterocycles. The highest BCUT2D eigenvalue weighted by atomic mass is 19.1. The first kappa shape index (κ1) is 14.0. The smallest absolute Gasteiger partial charge is 0.250 e. The highest BCUT2D eigenvalue weighted by Crippen LogP contribution is 2.17. The van der Waals surface area contributed by atoms with E-state index in [1.165, 1.54) is 12.1 Å². The molecule has 0 spiro atoms. The minimum absolute atomic E-state index is 0.142. The van der Waals surface area contributed by atoms with E-state index in [2.05, 4.69) is 5.32 Å². The van der Waals surface area contributed by atoms with Crippen LogP contribution in [0.2, 0.25) is 0 Å². The summed E-state index contributed by atoms with van der Waals surface area (Å²) < 4.78 is 13.1. The largest absolute Gasteiger partial charge is 0.380 e. The van der Waals surface area contributed by atoms with Crippen molar-refractivity contribution in [2.75, 3.05) is 5.32 Å². The predicted molar refractivity (Wildman–Crippen MR) is 76.6 cm³/mol. The van der Waals surface area contributed by atoms with E-state index < -0.39 is 11.7 Å². The number of nitrogens with two attached hydrogens (primary N) is 2. The van der Waals surface area contributed by atoms with Crippen molar-refractivity contribution in [3.8, 4) is 0 Å². The summed E-state index contributed by atoms with van der Waals surface area (Å²) in [5.74, 6) is -1.15. The lowest BCUT2D eigenvalue weighted by atomic mass is 10.1. The number of carbonyl (C=O) groups excluding carboxylic acids is 1. The topological polar surface area (TPSA) is 81.1 Å². The summed E-state index contributed by atoms with van der Waals surface area (Å²) in [6, 6.07) is 11.7. The van der Waals surface area contributed by atoms with E-state index >= 15 is 0 Å². The molecule has 2 aromatic rings. The molecule has 0 radical (unpaired) electrons. The SMILES string of the molecule is NCc1ccc(CNc2ccc(F)cc2C(N)=O)cc1. The second kappa shape index (κ2) is 6.16. The first-order valence-electron chi connectivity index (χ1n) is 6.21. The summed E-state index contributed by atoms with van der Waals surface area (Å²) in [5.41, 5.74) is 13.5. The maximum absolute atomic E-state index is 13.1. The first-order valence-corrected chi connectivity index (χ1v) is 6.21. The van der Waals surface area contributed by atoms with Gasteiger partial charge in [0.05, 0.1) is 5.56 Å². The Labute approximate surface area is 116 Å². The number of anilines is 1. The molecule has 0 unspecified atom stereocenters. The molecule has 0 saturated carbocycles. The van der Waals surface area contributed by atoms with Crippen LogP contribution in [0.25, 0.3) is 0 Å². The van der Waals surface area contributed by atoms with Gasteiger partial charge >= 0.3 is 0 Å². The number of rotatable bonds is 5. The lowest BCUT2D eigenvalue weighted by Crippen LogP contribution is -2.14. The molecule has 4 nitrogen and oxygen atoms in total. The number of hydrogen-bond acceptors (Lipinski definition) is 3. The summed E-state index contributed by atoms with van der Waals surface area (Å²) in [6.07, 6.45) is 0. The van der Waals surface area contributed by atoms with E-state index in [0.717, 1.165) is 17.2 Å². The van der Waals surface area contributed by atoms with E-state index in [4.69, 9.17) is 11.5 Å². The van der Waals surface area contributed by atoms with Gasteiger partial charge in [-0.2, -0.15) is 0 Å². The van der Waals surface area contributed by atoms with E-state index in [0.29, 0.717) is 18.8 Å². The maximum atomic E-state index is 13.1. The molecule has 0 aliphatic carbocycles. The van der Waals surface area contributed by atoms with Crippen molar-refractivity contribution in [3.63, 3.8) is 0 Å². The molecule has 20 heavy (non-hydrogen) atoms. The van der Waals surface area contributed by atoms with Crippen LogP contribution in [-0.2, 0) is 13.1 Å². The molecule has 2 rings (SSSR count). The number of amides is 1. The van der Waals surface area contributed by atoms with Crippen molar-refractivity contribution in [1.29, 1.82) is 0 Å². The Bertz CT molecular complexity index is 611. The van der Waals surface area contributed by atoms with Crippen LogP contribution in [0.1, 0.15) is 21.5 Å². The predicted octanol–water partition coefficient (Wildman–Crippen LogP) is 2.00. The monoisotopic (exact) mass is 273 g/mol. The zero-order chi connectivity index (χ0) is 14.5. The summed E-state index contributed by atoms with van der Waals surface area (Å²) in [4.78, 5) is 11.3. The second-order valence-electron chi connectivity index (χ2n) is 4.43. The fourth-order valence-corrected chi connectivity index (χ4v) is 1.86. The number of carbonyl (C=O) groups is 1. The Morgan fingerprint density at radius 3 is 2.35 bits per heavy atom. The maximum Gasteiger partial charge on any atom is 0.250 e. The third-order valence-electron chi connectivity index (χ3n) is 2.99. The van der Waals surface area contributed by atoms with Crippen molar-refractivity contribution in [2.24, 2.45) is 11.5 Å². The first-order chi connectivity index (χ1) is 9.60. The fraction of sp³-hybridized carbons (Fsp3) is 0.133. The number of primary amides is 1. The molecule has 0 aromatic heterocycles. The average Bonchev–Trinajstić information content (AvgIpc) is 2.46. The van der Waals surface area contributed by atoms with Gasteiger partial charge < -0.3 is 16.8 Å². The highest BCUT2D eigenvalue weighted by Gasteiger charge is 2.09. The van der Waals surface area contributed by atoms with Crippen LogP contribution >= 0.6 is 0 Å². The van der Waals surface area contributed by atoms with E-state index in [1.54, 1.807) is 0 Å². The summed E-state index contributed by atoms with van der Waals surface area (Å²) >= 11 is 0. The van der Waals surface area contributed by atoms with Crippen LogP contribution in [0.3, 0.4) is 0 Å². The third-order valence-corrected chi connectivity index (χ3v) is 2.99. The molecule has 0 fully saturated rings. The molecule has 5 N–H and O–H groups in total. The van der Waals surface area contributed by atoms with Crippen molar-refractivity contribution >= 4 is 11.6 Å². The van der Waals surface area contributed by atoms with Crippen LogP contribution in [-0.4, -0.2) is 5.91 Å². The molecule has 2 aromatic carbocycles. The number of halogens is 1. The second-order valence-corrected chi connectivity index (χ2v) is 4.43. The van der Waals surface area contributed by atoms with Crippen LogP contribution in [0.5, 0.6) is 0 Å². The standard InChI is InChI=1S/C15H16FN3O/c16-12-5-6-14(13(7-12)15(18)20)19-9-11-3-1-10(8-17)2-4-11/h1-7,19H,8-9,17H2,(H2,18,20). The number of benzene rings is 2. The average molecular weight is 273 g/mol. The van der Waals surface area contributed by atoms with Gasteiger partial charge in [-0.1, -0.05) is 24.3 Å². The summed E-state index contributed by atoms with van der Waals surface area (Å²) in [7, 11) is 0. The van der Waals surface area contributed by atoms with E-state index in [-0.39, 0.29) is 5.56 Å². The van der Waals surface area contributed by atoms with Crippen molar-refractivity contribution < 1.29 is 9.18 Å². The summed E-state index contributed by atoms with van der Waals surface area (Å²) in [6.45, 7) is 1.01.